The summed E-state index contributed by atoms with van der Waals surface area (Å²) in [5.74, 6) is -0.0270. The van der Waals surface area contributed by atoms with Gasteiger partial charge in [0.15, 0.2) is 5.78 Å². The van der Waals surface area contributed by atoms with Gasteiger partial charge in [0.05, 0.1) is 10.7 Å². The van der Waals surface area contributed by atoms with E-state index in [1.165, 1.54) is 0 Å². The molecule has 0 bridgehead atoms. The van der Waals surface area contributed by atoms with Gasteiger partial charge in [-0.15, -0.1) is 0 Å². The predicted octanol–water partition coefficient (Wildman–Crippen LogP) is 3.77. The van der Waals surface area contributed by atoms with E-state index in [1.54, 1.807) is 22.9 Å². The number of aryl methyl sites for hydroxylation is 2. The van der Waals surface area contributed by atoms with Crippen molar-refractivity contribution in [2.24, 2.45) is 7.05 Å². The lowest BCUT2D eigenvalue weighted by molar-refractivity contribution is 0.0992. The van der Waals surface area contributed by atoms with Crippen LogP contribution in [0.1, 0.15) is 27.3 Å². The SMILES string of the molecule is Cc1nn(C)c(C)c1CC(=O)c1ccc(Cl)cc1Cl. The Balaban J connectivity index is 2.31. The van der Waals surface area contributed by atoms with Gasteiger partial charge in [-0.05, 0) is 32.0 Å². The number of aromatic nitrogens is 2. The summed E-state index contributed by atoms with van der Waals surface area (Å²) in [6.07, 6.45) is 0.298. The normalized spacial score (nSPS) is 10.8. The molecule has 19 heavy (non-hydrogen) atoms. The van der Waals surface area contributed by atoms with Crippen LogP contribution >= 0.6 is 23.2 Å². The van der Waals surface area contributed by atoms with Crippen LogP contribution in [0.2, 0.25) is 10.0 Å². The Labute approximate surface area is 122 Å². The van der Waals surface area contributed by atoms with Crippen LogP contribution in [-0.2, 0) is 13.5 Å². The molecule has 5 heteroatoms. The number of benzene rings is 1. The van der Waals surface area contributed by atoms with Crippen molar-refractivity contribution in [1.82, 2.24) is 9.78 Å². The summed E-state index contributed by atoms with van der Waals surface area (Å²) < 4.78 is 1.78. The molecule has 3 nitrogen and oxygen atoms in total. The molecule has 2 rings (SSSR count). The van der Waals surface area contributed by atoms with Gasteiger partial charge in [0.1, 0.15) is 0 Å². The second-order valence-corrected chi connectivity index (χ2v) is 5.34. The number of halogens is 2. The summed E-state index contributed by atoms with van der Waals surface area (Å²) in [6, 6.07) is 4.91. The van der Waals surface area contributed by atoms with Gasteiger partial charge in [0.25, 0.3) is 0 Å². The second kappa shape index (κ2) is 5.35. The van der Waals surface area contributed by atoms with E-state index in [4.69, 9.17) is 23.2 Å². The molecule has 0 fully saturated rings. The zero-order chi connectivity index (χ0) is 14.2. The van der Waals surface area contributed by atoms with E-state index < -0.39 is 0 Å². The molecule has 0 saturated carbocycles. The molecule has 0 aliphatic heterocycles. The van der Waals surface area contributed by atoms with E-state index in [-0.39, 0.29) is 5.78 Å². The smallest absolute Gasteiger partial charge is 0.168 e. The summed E-state index contributed by atoms with van der Waals surface area (Å²) in [7, 11) is 1.87. The number of ketones is 1. The highest BCUT2D eigenvalue weighted by atomic mass is 35.5. The van der Waals surface area contributed by atoms with Crippen molar-refractivity contribution in [2.75, 3.05) is 0 Å². The van der Waals surface area contributed by atoms with Gasteiger partial charge in [-0.25, -0.2) is 0 Å². The van der Waals surface area contributed by atoms with Crippen molar-refractivity contribution in [2.45, 2.75) is 20.3 Å². The van der Waals surface area contributed by atoms with E-state index in [2.05, 4.69) is 5.10 Å². The van der Waals surface area contributed by atoms with Gasteiger partial charge in [0, 0.05) is 35.3 Å². The lowest BCUT2D eigenvalue weighted by Gasteiger charge is -2.05. The summed E-state index contributed by atoms with van der Waals surface area (Å²) in [4.78, 5) is 12.3. The Morgan fingerprint density at radius 1 is 1.32 bits per heavy atom. The first-order valence-corrected chi connectivity index (χ1v) is 6.63. The zero-order valence-electron chi connectivity index (χ0n) is 11.0. The summed E-state index contributed by atoms with van der Waals surface area (Å²) in [6.45, 7) is 3.85. The Kier molecular flexibility index (Phi) is 3.97. The van der Waals surface area contributed by atoms with Gasteiger partial charge in [-0.1, -0.05) is 23.2 Å². The van der Waals surface area contributed by atoms with Crippen LogP contribution in [0.3, 0.4) is 0 Å². The molecule has 1 heterocycles. The minimum atomic E-state index is -0.0270. The van der Waals surface area contributed by atoms with Gasteiger partial charge >= 0.3 is 0 Å². The average Bonchev–Trinajstić information content (AvgIpc) is 2.56. The molecule has 1 aromatic carbocycles. The molecule has 100 valence electrons. The van der Waals surface area contributed by atoms with Gasteiger partial charge in [-0.2, -0.15) is 5.10 Å². The van der Waals surface area contributed by atoms with E-state index in [0.29, 0.717) is 22.0 Å². The van der Waals surface area contributed by atoms with Crippen molar-refractivity contribution in [3.63, 3.8) is 0 Å². The summed E-state index contributed by atoms with van der Waals surface area (Å²) in [5.41, 5.74) is 3.32. The van der Waals surface area contributed by atoms with Crippen molar-refractivity contribution in [3.8, 4) is 0 Å². The molecular formula is C14H14Cl2N2O. The fourth-order valence-electron chi connectivity index (χ4n) is 2.04. The number of nitrogens with zero attached hydrogens (tertiary/aromatic N) is 2. The van der Waals surface area contributed by atoms with E-state index in [0.717, 1.165) is 17.0 Å². The number of carbonyl (C=O) groups excluding carboxylic acids is 1. The Bertz CT molecular complexity index is 647. The van der Waals surface area contributed by atoms with Crippen molar-refractivity contribution < 1.29 is 4.79 Å². The standard InChI is InChI=1S/C14H14Cl2N2O/c1-8-12(9(2)18(3)17-8)7-14(19)11-5-4-10(15)6-13(11)16/h4-6H,7H2,1-3H3. The lowest BCUT2D eigenvalue weighted by Crippen LogP contribution is -2.06. The van der Waals surface area contributed by atoms with Crippen LogP contribution in [0, 0.1) is 13.8 Å². The van der Waals surface area contributed by atoms with Crippen LogP contribution in [0.5, 0.6) is 0 Å². The molecular weight excluding hydrogens is 283 g/mol. The number of carbonyl (C=O) groups is 1. The third-order valence-electron chi connectivity index (χ3n) is 3.23. The second-order valence-electron chi connectivity index (χ2n) is 4.50. The quantitative estimate of drug-likeness (QED) is 0.808. The Hall–Kier alpha value is -1.32. The Morgan fingerprint density at radius 2 is 2.00 bits per heavy atom. The molecule has 2 aromatic rings. The van der Waals surface area contributed by atoms with Gasteiger partial charge < -0.3 is 0 Å². The predicted molar refractivity (Wildman–Crippen MR) is 77.2 cm³/mol. The molecule has 0 aliphatic rings. The van der Waals surface area contributed by atoms with Crippen molar-refractivity contribution in [1.29, 1.82) is 0 Å². The topological polar surface area (TPSA) is 34.9 Å². The highest BCUT2D eigenvalue weighted by Gasteiger charge is 2.16. The summed E-state index contributed by atoms with van der Waals surface area (Å²) in [5, 5.41) is 5.21. The molecule has 0 unspecified atom stereocenters. The molecule has 0 spiro atoms. The van der Waals surface area contributed by atoms with Crippen molar-refractivity contribution in [3.05, 3.63) is 50.8 Å². The fourth-order valence-corrected chi connectivity index (χ4v) is 2.56. The first-order chi connectivity index (χ1) is 8.90. The first-order valence-electron chi connectivity index (χ1n) is 5.87. The monoisotopic (exact) mass is 296 g/mol. The molecule has 0 aliphatic carbocycles. The number of hydrogen-bond donors (Lipinski definition) is 0. The molecule has 0 saturated heterocycles. The highest BCUT2D eigenvalue weighted by Crippen LogP contribution is 2.23. The van der Waals surface area contributed by atoms with Crippen LogP contribution in [0.25, 0.3) is 0 Å². The minimum absolute atomic E-state index is 0.0270. The van der Waals surface area contributed by atoms with Crippen LogP contribution in [-0.4, -0.2) is 15.6 Å². The largest absolute Gasteiger partial charge is 0.294 e. The van der Waals surface area contributed by atoms with Crippen LogP contribution in [0.4, 0.5) is 0 Å². The highest BCUT2D eigenvalue weighted by molar-refractivity contribution is 6.36. The van der Waals surface area contributed by atoms with Crippen molar-refractivity contribution >= 4 is 29.0 Å². The fraction of sp³-hybridized carbons (Fsp3) is 0.286. The number of rotatable bonds is 3. The van der Waals surface area contributed by atoms with E-state index in [9.17, 15) is 4.79 Å². The Morgan fingerprint density at radius 3 is 2.53 bits per heavy atom. The maximum absolute atomic E-state index is 12.3. The maximum Gasteiger partial charge on any atom is 0.168 e. The number of hydrogen-bond acceptors (Lipinski definition) is 2. The molecule has 1 aromatic heterocycles. The first kappa shape index (κ1) is 14.1. The minimum Gasteiger partial charge on any atom is -0.294 e. The number of Topliss-reactive ketones (excluding diaryl/α,β-unsaturated/α-hetero) is 1. The van der Waals surface area contributed by atoms with E-state index in [1.807, 2.05) is 20.9 Å². The average molecular weight is 297 g/mol. The molecule has 0 amide bonds. The van der Waals surface area contributed by atoms with E-state index >= 15 is 0 Å². The third-order valence-corrected chi connectivity index (χ3v) is 3.78. The molecule has 0 N–H and O–H groups in total. The maximum atomic E-state index is 12.3. The van der Waals surface area contributed by atoms with Gasteiger partial charge in [-0.3, -0.25) is 9.48 Å². The molecule has 0 atom stereocenters. The van der Waals surface area contributed by atoms with Crippen LogP contribution in [0.15, 0.2) is 18.2 Å². The van der Waals surface area contributed by atoms with Gasteiger partial charge in [0.2, 0.25) is 0 Å². The zero-order valence-corrected chi connectivity index (χ0v) is 12.5. The van der Waals surface area contributed by atoms with Crippen LogP contribution < -0.4 is 0 Å². The molecule has 0 radical (unpaired) electrons. The third kappa shape index (κ3) is 2.82. The lowest BCUT2D eigenvalue weighted by atomic mass is 10.0. The summed E-state index contributed by atoms with van der Waals surface area (Å²) >= 11 is 11.9.